The zero-order valence-corrected chi connectivity index (χ0v) is 10.0. The summed E-state index contributed by atoms with van der Waals surface area (Å²) in [5.74, 6) is 0. The van der Waals surface area contributed by atoms with Crippen molar-refractivity contribution >= 4 is 19.2 Å². The van der Waals surface area contributed by atoms with Crippen LogP contribution in [0.3, 0.4) is 0 Å². The lowest BCUT2D eigenvalue weighted by Crippen LogP contribution is -2.07. The summed E-state index contributed by atoms with van der Waals surface area (Å²) >= 11 is 6.21. The average molecular weight is 204 g/mol. The Morgan fingerprint density at radius 1 is 1.33 bits per heavy atom. The lowest BCUT2D eigenvalue weighted by atomic mass is 10.2. The van der Waals surface area contributed by atoms with Gasteiger partial charge in [0, 0.05) is 0 Å². The van der Waals surface area contributed by atoms with Crippen molar-refractivity contribution in [2.45, 2.75) is 51.1 Å². The summed E-state index contributed by atoms with van der Waals surface area (Å²) in [5.41, 5.74) is 0.719. The fraction of sp³-hybridized carbons (Fsp3) is 0.800. The molecule has 0 saturated heterocycles. The molecule has 2 heteroatoms. The van der Waals surface area contributed by atoms with E-state index in [2.05, 4.69) is 20.4 Å². The number of unbranched alkanes of at least 4 members (excludes halogenated alkanes) is 3. The molecular formula is C10H20ClSi. The molecule has 0 aliphatic rings. The van der Waals surface area contributed by atoms with Gasteiger partial charge in [-0.3, -0.25) is 0 Å². The Bertz CT molecular complexity index is 112. The highest BCUT2D eigenvalue weighted by molar-refractivity contribution is 7.07. The Hall–Kier alpha value is 0.247. The predicted molar refractivity (Wildman–Crippen MR) is 60.2 cm³/mol. The standard InChI is InChI=1S/C10H20ClSi/c1-4-5-6-7-8-9-12(11)10(2)3/h4,10H,1,5-9H2,2-3H3. The van der Waals surface area contributed by atoms with Crippen molar-refractivity contribution in [2.75, 3.05) is 0 Å². The van der Waals surface area contributed by atoms with Gasteiger partial charge in [-0.15, -0.1) is 6.58 Å². The van der Waals surface area contributed by atoms with Crippen LogP contribution in [0.5, 0.6) is 0 Å². The summed E-state index contributed by atoms with van der Waals surface area (Å²) in [6, 6.07) is 1.26. The maximum atomic E-state index is 6.21. The molecule has 0 nitrogen and oxygen atoms in total. The van der Waals surface area contributed by atoms with Crippen LogP contribution in [0.1, 0.15) is 39.5 Å². The van der Waals surface area contributed by atoms with Crippen LogP contribution in [-0.2, 0) is 0 Å². The van der Waals surface area contributed by atoms with Crippen molar-refractivity contribution in [1.82, 2.24) is 0 Å². The van der Waals surface area contributed by atoms with Crippen LogP contribution < -0.4 is 0 Å². The lowest BCUT2D eigenvalue weighted by molar-refractivity contribution is 0.724. The first-order chi connectivity index (χ1) is 5.68. The van der Waals surface area contributed by atoms with E-state index in [9.17, 15) is 0 Å². The van der Waals surface area contributed by atoms with E-state index in [-0.39, 0.29) is 0 Å². The number of rotatable bonds is 7. The fourth-order valence-corrected chi connectivity index (χ4v) is 2.61. The quantitative estimate of drug-likeness (QED) is 0.250. The molecule has 0 unspecified atom stereocenters. The van der Waals surface area contributed by atoms with Crippen molar-refractivity contribution < 1.29 is 0 Å². The topological polar surface area (TPSA) is 0 Å². The van der Waals surface area contributed by atoms with Crippen LogP contribution >= 0.6 is 11.1 Å². The molecule has 0 rings (SSSR count). The molecule has 0 atom stereocenters. The van der Waals surface area contributed by atoms with E-state index in [1.165, 1.54) is 25.3 Å². The van der Waals surface area contributed by atoms with Crippen LogP contribution in [0, 0.1) is 0 Å². The average Bonchev–Trinajstić information content (AvgIpc) is 2.03. The van der Waals surface area contributed by atoms with Gasteiger partial charge in [0.05, 0.1) is 0 Å². The van der Waals surface area contributed by atoms with Gasteiger partial charge in [-0.05, 0) is 24.4 Å². The van der Waals surface area contributed by atoms with E-state index in [4.69, 9.17) is 11.1 Å². The van der Waals surface area contributed by atoms with Gasteiger partial charge in [0.2, 0.25) is 0 Å². The minimum Gasteiger partial charge on any atom is -0.169 e. The summed E-state index contributed by atoms with van der Waals surface area (Å²) < 4.78 is 0. The normalized spacial score (nSPS) is 11.1. The van der Waals surface area contributed by atoms with Crippen LogP contribution in [0.2, 0.25) is 11.6 Å². The van der Waals surface area contributed by atoms with Gasteiger partial charge in [0.25, 0.3) is 0 Å². The molecule has 0 heterocycles. The van der Waals surface area contributed by atoms with Crippen LogP contribution in [-0.4, -0.2) is 8.11 Å². The van der Waals surface area contributed by atoms with Crippen LogP contribution in [0.25, 0.3) is 0 Å². The Kier molecular flexibility index (Phi) is 8.04. The molecule has 0 aromatic carbocycles. The third kappa shape index (κ3) is 6.93. The SMILES string of the molecule is C=CCCCCC[Si](Cl)C(C)C. The highest BCUT2D eigenvalue weighted by atomic mass is 35.6. The number of hydrogen-bond donors (Lipinski definition) is 0. The third-order valence-electron chi connectivity index (χ3n) is 1.95. The molecule has 0 aromatic heterocycles. The predicted octanol–water partition coefficient (Wildman–Crippen LogP) is 4.37. The number of allylic oxidation sites excluding steroid dienone is 1. The summed E-state index contributed by atoms with van der Waals surface area (Å²) in [4.78, 5) is 0. The van der Waals surface area contributed by atoms with Crippen molar-refractivity contribution in [3.63, 3.8) is 0 Å². The second-order valence-electron chi connectivity index (χ2n) is 3.49. The largest absolute Gasteiger partial charge is 0.169 e. The fourth-order valence-electron chi connectivity index (χ4n) is 1.05. The van der Waals surface area contributed by atoms with Gasteiger partial charge in [0.15, 0.2) is 8.11 Å². The Morgan fingerprint density at radius 2 is 2.00 bits per heavy atom. The first-order valence-electron chi connectivity index (χ1n) is 4.80. The third-order valence-corrected chi connectivity index (χ3v) is 5.91. The van der Waals surface area contributed by atoms with E-state index in [1.54, 1.807) is 0 Å². The smallest absolute Gasteiger partial charge is 0.168 e. The van der Waals surface area contributed by atoms with Gasteiger partial charge in [-0.1, -0.05) is 32.8 Å². The second-order valence-corrected chi connectivity index (χ2v) is 7.49. The first-order valence-corrected chi connectivity index (χ1v) is 7.60. The molecule has 12 heavy (non-hydrogen) atoms. The van der Waals surface area contributed by atoms with Crippen molar-refractivity contribution in [2.24, 2.45) is 0 Å². The molecule has 71 valence electrons. The van der Waals surface area contributed by atoms with Crippen molar-refractivity contribution in [3.05, 3.63) is 12.7 Å². The number of hydrogen-bond acceptors (Lipinski definition) is 0. The van der Waals surface area contributed by atoms with Crippen LogP contribution in [0.4, 0.5) is 0 Å². The molecule has 0 bridgehead atoms. The molecule has 0 N–H and O–H groups in total. The van der Waals surface area contributed by atoms with E-state index in [0.717, 1.165) is 12.0 Å². The van der Waals surface area contributed by atoms with Gasteiger partial charge in [0.1, 0.15) is 0 Å². The number of halogens is 1. The summed E-state index contributed by atoms with van der Waals surface area (Å²) in [6.07, 6.45) is 7.07. The highest BCUT2D eigenvalue weighted by Gasteiger charge is 2.11. The summed E-state index contributed by atoms with van der Waals surface area (Å²) in [5, 5.41) is 0. The molecule has 1 radical (unpaired) electrons. The maximum absolute atomic E-state index is 6.21. The minimum absolute atomic E-state index is 0.547. The minimum atomic E-state index is -0.547. The molecule has 0 spiro atoms. The zero-order chi connectivity index (χ0) is 9.40. The van der Waals surface area contributed by atoms with E-state index >= 15 is 0 Å². The Labute approximate surface area is 83.3 Å². The summed E-state index contributed by atoms with van der Waals surface area (Å²) in [6.45, 7) is 8.16. The molecule has 0 aliphatic carbocycles. The Morgan fingerprint density at radius 3 is 2.50 bits per heavy atom. The molecule has 0 fully saturated rings. The highest BCUT2D eigenvalue weighted by Crippen LogP contribution is 2.18. The summed E-state index contributed by atoms with van der Waals surface area (Å²) in [7, 11) is -0.547. The van der Waals surface area contributed by atoms with Gasteiger partial charge < -0.3 is 0 Å². The van der Waals surface area contributed by atoms with Gasteiger partial charge in [-0.2, -0.15) is 11.1 Å². The van der Waals surface area contributed by atoms with E-state index in [0.29, 0.717) is 0 Å². The zero-order valence-electron chi connectivity index (χ0n) is 8.28. The van der Waals surface area contributed by atoms with Crippen molar-refractivity contribution in [1.29, 1.82) is 0 Å². The molecule has 0 amide bonds. The van der Waals surface area contributed by atoms with E-state index in [1.807, 2.05) is 6.08 Å². The lowest BCUT2D eigenvalue weighted by Gasteiger charge is -2.09. The molecule has 0 saturated carbocycles. The Balaban J connectivity index is 3.13. The van der Waals surface area contributed by atoms with Gasteiger partial charge in [-0.25, -0.2) is 0 Å². The monoisotopic (exact) mass is 203 g/mol. The maximum Gasteiger partial charge on any atom is 0.168 e. The van der Waals surface area contributed by atoms with Crippen LogP contribution in [0.15, 0.2) is 12.7 Å². The molecule has 0 aromatic rings. The van der Waals surface area contributed by atoms with E-state index < -0.39 is 8.11 Å². The van der Waals surface area contributed by atoms with Gasteiger partial charge >= 0.3 is 0 Å². The molecule has 0 aliphatic heterocycles. The first kappa shape index (κ1) is 12.2. The molecular weight excluding hydrogens is 184 g/mol. The second kappa shape index (κ2) is 7.87. The van der Waals surface area contributed by atoms with Crippen molar-refractivity contribution in [3.8, 4) is 0 Å².